The molecule has 1 aromatic carbocycles. The third-order valence-corrected chi connectivity index (χ3v) is 3.76. The molecule has 1 heterocycles. The van der Waals surface area contributed by atoms with Gasteiger partial charge in [-0.25, -0.2) is 0 Å². The van der Waals surface area contributed by atoms with Crippen LogP contribution in [0.2, 0.25) is 0 Å². The average Bonchev–Trinajstić information content (AvgIpc) is 2.29. The maximum absolute atomic E-state index is 3.66. The lowest BCUT2D eigenvalue weighted by Crippen LogP contribution is -2.42. The molecule has 2 unspecified atom stereocenters. The highest BCUT2D eigenvalue weighted by Crippen LogP contribution is 2.36. The first-order valence-electron chi connectivity index (χ1n) is 5.76. The van der Waals surface area contributed by atoms with Crippen LogP contribution in [0.3, 0.4) is 0 Å². The lowest BCUT2D eigenvalue weighted by atomic mass is 9.75. The maximum Gasteiger partial charge on any atom is 0.0139 e. The Kier molecular flexibility index (Phi) is 2.06. The van der Waals surface area contributed by atoms with Crippen LogP contribution in [0.4, 0.5) is 0 Å². The fourth-order valence-corrected chi connectivity index (χ4v) is 3.06. The summed E-state index contributed by atoms with van der Waals surface area (Å²) in [5.41, 5.74) is 3.22. The highest BCUT2D eigenvalue weighted by molar-refractivity contribution is 5.34. The van der Waals surface area contributed by atoms with E-state index >= 15 is 0 Å². The zero-order chi connectivity index (χ0) is 9.38. The quantitative estimate of drug-likeness (QED) is 0.658. The first-order chi connectivity index (χ1) is 6.95. The monoisotopic (exact) mass is 187 g/mol. The average molecular weight is 187 g/mol. The van der Waals surface area contributed by atoms with E-state index < -0.39 is 0 Å². The SMILES string of the molecule is c1ccc2c(c1)CCC1NCCCC21. The summed E-state index contributed by atoms with van der Waals surface area (Å²) in [5.74, 6) is 0.800. The molecule has 0 bridgehead atoms. The molecule has 14 heavy (non-hydrogen) atoms. The molecule has 1 N–H and O–H groups in total. The van der Waals surface area contributed by atoms with Gasteiger partial charge in [0.15, 0.2) is 0 Å². The van der Waals surface area contributed by atoms with Gasteiger partial charge in [0.2, 0.25) is 0 Å². The van der Waals surface area contributed by atoms with Crippen LogP contribution in [0.25, 0.3) is 0 Å². The largest absolute Gasteiger partial charge is 0.313 e. The third kappa shape index (κ3) is 1.27. The smallest absolute Gasteiger partial charge is 0.0139 e. The summed E-state index contributed by atoms with van der Waals surface area (Å²) in [4.78, 5) is 0. The summed E-state index contributed by atoms with van der Waals surface area (Å²) >= 11 is 0. The van der Waals surface area contributed by atoms with E-state index in [1.54, 1.807) is 11.1 Å². The van der Waals surface area contributed by atoms with Gasteiger partial charge in [-0.05, 0) is 49.3 Å². The van der Waals surface area contributed by atoms with E-state index in [1.165, 1.54) is 32.2 Å². The van der Waals surface area contributed by atoms with Crippen molar-refractivity contribution < 1.29 is 0 Å². The van der Waals surface area contributed by atoms with E-state index in [9.17, 15) is 0 Å². The fourth-order valence-electron chi connectivity index (χ4n) is 3.06. The molecule has 0 aromatic heterocycles. The van der Waals surface area contributed by atoms with Crippen LogP contribution in [0.15, 0.2) is 24.3 Å². The van der Waals surface area contributed by atoms with Gasteiger partial charge < -0.3 is 5.32 Å². The lowest BCUT2D eigenvalue weighted by molar-refractivity contribution is 0.319. The number of nitrogens with one attached hydrogen (secondary N) is 1. The van der Waals surface area contributed by atoms with Crippen molar-refractivity contribution >= 4 is 0 Å². The highest BCUT2D eigenvalue weighted by atomic mass is 14.9. The first kappa shape index (κ1) is 8.49. The minimum Gasteiger partial charge on any atom is -0.313 e. The number of fused-ring (bicyclic) bond motifs is 3. The number of benzene rings is 1. The molecule has 0 saturated carbocycles. The highest BCUT2D eigenvalue weighted by Gasteiger charge is 2.30. The van der Waals surface area contributed by atoms with Crippen LogP contribution in [0.5, 0.6) is 0 Å². The molecule has 1 aliphatic carbocycles. The molecule has 1 saturated heterocycles. The number of hydrogen-bond donors (Lipinski definition) is 1. The summed E-state index contributed by atoms with van der Waals surface area (Å²) in [6.07, 6.45) is 5.33. The Morgan fingerprint density at radius 1 is 1.14 bits per heavy atom. The maximum atomic E-state index is 3.66. The van der Waals surface area contributed by atoms with Crippen LogP contribution in [0.1, 0.15) is 36.3 Å². The van der Waals surface area contributed by atoms with Crippen molar-refractivity contribution in [2.24, 2.45) is 0 Å². The zero-order valence-electron chi connectivity index (χ0n) is 8.50. The molecule has 1 aromatic rings. The van der Waals surface area contributed by atoms with Crippen molar-refractivity contribution in [1.29, 1.82) is 0 Å². The normalized spacial score (nSPS) is 30.6. The van der Waals surface area contributed by atoms with E-state index in [0.29, 0.717) is 0 Å². The molecule has 74 valence electrons. The number of rotatable bonds is 0. The van der Waals surface area contributed by atoms with Gasteiger partial charge >= 0.3 is 0 Å². The van der Waals surface area contributed by atoms with Gasteiger partial charge in [-0.15, -0.1) is 0 Å². The van der Waals surface area contributed by atoms with Crippen LogP contribution in [-0.2, 0) is 6.42 Å². The van der Waals surface area contributed by atoms with Gasteiger partial charge in [-0.3, -0.25) is 0 Å². The summed E-state index contributed by atoms with van der Waals surface area (Å²) in [7, 11) is 0. The first-order valence-corrected chi connectivity index (χ1v) is 5.76. The lowest BCUT2D eigenvalue weighted by Gasteiger charge is -2.37. The van der Waals surface area contributed by atoms with Crippen molar-refractivity contribution in [2.45, 2.75) is 37.6 Å². The second-order valence-electron chi connectivity index (χ2n) is 4.55. The molecule has 0 radical (unpaired) electrons. The van der Waals surface area contributed by atoms with Gasteiger partial charge in [-0.1, -0.05) is 24.3 Å². The molecule has 1 aliphatic heterocycles. The van der Waals surface area contributed by atoms with Gasteiger partial charge in [0.25, 0.3) is 0 Å². The predicted molar refractivity (Wildman–Crippen MR) is 58.5 cm³/mol. The molecule has 2 aliphatic rings. The summed E-state index contributed by atoms with van der Waals surface area (Å²) < 4.78 is 0. The van der Waals surface area contributed by atoms with Crippen LogP contribution >= 0.6 is 0 Å². The summed E-state index contributed by atoms with van der Waals surface area (Å²) in [5, 5.41) is 3.66. The van der Waals surface area contributed by atoms with E-state index in [0.717, 1.165) is 12.0 Å². The number of piperidine rings is 1. The predicted octanol–water partition coefficient (Wildman–Crippen LogP) is 2.47. The Morgan fingerprint density at radius 3 is 3.07 bits per heavy atom. The fraction of sp³-hybridized carbons (Fsp3) is 0.538. The molecule has 1 nitrogen and oxygen atoms in total. The Balaban J connectivity index is 1.99. The van der Waals surface area contributed by atoms with Crippen LogP contribution < -0.4 is 5.32 Å². The van der Waals surface area contributed by atoms with Crippen LogP contribution in [0, 0.1) is 0 Å². The van der Waals surface area contributed by atoms with E-state index in [4.69, 9.17) is 0 Å². The Labute approximate surface area is 85.5 Å². The molecular formula is C13H17N. The molecule has 2 atom stereocenters. The second kappa shape index (κ2) is 3.39. The van der Waals surface area contributed by atoms with Gasteiger partial charge in [0, 0.05) is 6.04 Å². The van der Waals surface area contributed by atoms with Gasteiger partial charge in [0.05, 0.1) is 0 Å². The molecule has 1 fully saturated rings. The third-order valence-electron chi connectivity index (χ3n) is 3.76. The van der Waals surface area contributed by atoms with Crippen molar-refractivity contribution in [3.8, 4) is 0 Å². The Morgan fingerprint density at radius 2 is 2.07 bits per heavy atom. The molecule has 3 rings (SSSR count). The standard InChI is InChI=1S/C13H17N/c1-2-5-11-10(4-1)7-8-13-12(11)6-3-9-14-13/h1-2,4-5,12-14H,3,6-9H2. The van der Waals surface area contributed by atoms with Gasteiger partial charge in [0.1, 0.15) is 0 Å². The van der Waals surface area contributed by atoms with E-state index in [1.807, 2.05) is 0 Å². The van der Waals surface area contributed by atoms with Gasteiger partial charge in [-0.2, -0.15) is 0 Å². The summed E-state index contributed by atoms with van der Waals surface area (Å²) in [6, 6.07) is 9.77. The number of hydrogen-bond acceptors (Lipinski definition) is 1. The Bertz CT molecular complexity index is 332. The summed E-state index contributed by atoms with van der Waals surface area (Å²) in [6.45, 7) is 1.23. The van der Waals surface area contributed by atoms with Crippen molar-refractivity contribution in [2.75, 3.05) is 6.54 Å². The minimum absolute atomic E-state index is 0.763. The zero-order valence-corrected chi connectivity index (χ0v) is 8.50. The minimum atomic E-state index is 0.763. The van der Waals surface area contributed by atoms with Crippen molar-refractivity contribution in [1.82, 2.24) is 5.32 Å². The molecular weight excluding hydrogens is 170 g/mol. The second-order valence-corrected chi connectivity index (χ2v) is 4.55. The molecule has 0 amide bonds. The van der Waals surface area contributed by atoms with Crippen molar-refractivity contribution in [3.05, 3.63) is 35.4 Å². The Hall–Kier alpha value is -0.820. The van der Waals surface area contributed by atoms with E-state index in [2.05, 4.69) is 29.6 Å². The van der Waals surface area contributed by atoms with Crippen LogP contribution in [-0.4, -0.2) is 12.6 Å². The topological polar surface area (TPSA) is 12.0 Å². The molecule has 1 heteroatoms. The number of aryl methyl sites for hydroxylation is 1. The molecule has 0 spiro atoms. The van der Waals surface area contributed by atoms with Crippen molar-refractivity contribution in [3.63, 3.8) is 0 Å². The van der Waals surface area contributed by atoms with E-state index in [-0.39, 0.29) is 0 Å².